The maximum atomic E-state index is 13.0. The van der Waals surface area contributed by atoms with Gasteiger partial charge in [-0.1, -0.05) is 42.0 Å². The van der Waals surface area contributed by atoms with Gasteiger partial charge in [0.1, 0.15) is 0 Å². The van der Waals surface area contributed by atoms with Crippen molar-refractivity contribution in [3.8, 4) is 12.1 Å². The minimum atomic E-state index is -0.563. The summed E-state index contributed by atoms with van der Waals surface area (Å²) in [6.45, 7) is 3.16. The number of imidazole rings is 1. The third-order valence-corrected chi connectivity index (χ3v) is 6.69. The Labute approximate surface area is 194 Å². The maximum absolute atomic E-state index is 13.0. The lowest BCUT2D eigenvalue weighted by Crippen LogP contribution is -2.51. The molecule has 0 aliphatic carbocycles. The zero-order chi connectivity index (χ0) is 23.3. The summed E-state index contributed by atoms with van der Waals surface area (Å²) < 4.78 is 0. The number of nitrogens with one attached hydrogen (secondary N) is 1. The summed E-state index contributed by atoms with van der Waals surface area (Å²) in [5, 5.41) is 19.5. The lowest BCUT2D eigenvalue weighted by molar-refractivity contribution is -0.134. The zero-order valence-electron chi connectivity index (χ0n) is 18.8. The molecule has 0 saturated carbocycles. The Hall–Kier alpha value is -3.90. The molecule has 2 aromatic carbocycles. The monoisotopic (exact) mass is 437 g/mol. The molecule has 0 radical (unpaired) electrons. The van der Waals surface area contributed by atoms with Crippen LogP contribution in [-0.4, -0.2) is 33.9 Å². The van der Waals surface area contributed by atoms with Crippen LogP contribution in [0.15, 0.2) is 61.1 Å². The normalized spacial score (nSPS) is 20.1. The summed E-state index contributed by atoms with van der Waals surface area (Å²) in [4.78, 5) is 21.9. The lowest BCUT2D eigenvalue weighted by atomic mass is 9.65. The van der Waals surface area contributed by atoms with E-state index in [-0.39, 0.29) is 18.2 Å². The Balaban J connectivity index is 1.60. The predicted molar refractivity (Wildman–Crippen MR) is 125 cm³/mol. The Bertz CT molecular complexity index is 1190. The minimum Gasteiger partial charge on any atom is -0.348 e. The molecule has 1 N–H and O–H groups in total. The number of hydrogen-bond donors (Lipinski definition) is 1. The summed E-state index contributed by atoms with van der Waals surface area (Å²) in [5.41, 5.74) is 4.25. The van der Waals surface area contributed by atoms with Crippen molar-refractivity contribution in [2.24, 2.45) is 11.3 Å². The summed E-state index contributed by atoms with van der Waals surface area (Å²) in [6, 6.07) is 20.7. The van der Waals surface area contributed by atoms with E-state index in [0.29, 0.717) is 37.9 Å². The molecule has 1 aromatic heterocycles. The molecule has 2 heterocycles. The van der Waals surface area contributed by atoms with Gasteiger partial charge in [-0.25, -0.2) is 4.98 Å². The molecule has 0 bridgehead atoms. The second-order valence-corrected chi connectivity index (χ2v) is 8.99. The number of carbonyl (C=O) groups is 1. The van der Waals surface area contributed by atoms with Crippen LogP contribution in [0.25, 0.3) is 0 Å². The van der Waals surface area contributed by atoms with Gasteiger partial charge in [0.2, 0.25) is 5.91 Å². The number of hydrogen-bond acceptors (Lipinski definition) is 4. The highest BCUT2D eigenvalue weighted by Crippen LogP contribution is 2.41. The molecule has 1 fully saturated rings. The van der Waals surface area contributed by atoms with E-state index in [2.05, 4.69) is 47.2 Å². The van der Waals surface area contributed by atoms with E-state index < -0.39 is 5.41 Å². The first-order valence-electron chi connectivity index (χ1n) is 11.2. The fraction of sp³-hybridized carbons (Fsp3) is 0.333. The van der Waals surface area contributed by atoms with E-state index >= 15 is 0 Å². The second kappa shape index (κ2) is 9.71. The van der Waals surface area contributed by atoms with Gasteiger partial charge in [-0.2, -0.15) is 10.5 Å². The van der Waals surface area contributed by atoms with E-state index in [0.717, 1.165) is 16.8 Å². The molecular weight excluding hydrogens is 410 g/mol. The van der Waals surface area contributed by atoms with E-state index in [1.807, 2.05) is 35.2 Å². The number of H-pyrrole nitrogens is 1. The number of benzene rings is 2. The first-order chi connectivity index (χ1) is 16.0. The van der Waals surface area contributed by atoms with Crippen molar-refractivity contribution in [1.29, 1.82) is 10.5 Å². The molecule has 0 spiro atoms. The molecule has 1 aliphatic rings. The van der Waals surface area contributed by atoms with E-state index in [1.54, 1.807) is 12.5 Å². The fourth-order valence-electron chi connectivity index (χ4n) is 4.82. The zero-order valence-corrected chi connectivity index (χ0v) is 18.8. The maximum Gasteiger partial charge on any atom is 0.228 e. The van der Waals surface area contributed by atoms with E-state index in [4.69, 9.17) is 5.26 Å². The summed E-state index contributed by atoms with van der Waals surface area (Å²) in [5.74, 6) is 0.0292. The molecule has 6 nitrogen and oxygen atoms in total. The number of aromatic nitrogens is 2. The van der Waals surface area contributed by atoms with Crippen molar-refractivity contribution < 1.29 is 4.79 Å². The van der Waals surface area contributed by atoms with Crippen molar-refractivity contribution in [3.63, 3.8) is 0 Å². The number of nitriles is 2. The van der Waals surface area contributed by atoms with Crippen molar-refractivity contribution in [1.82, 2.24) is 14.9 Å². The molecule has 166 valence electrons. The highest BCUT2D eigenvalue weighted by molar-refractivity contribution is 5.78. The van der Waals surface area contributed by atoms with Crippen molar-refractivity contribution in [2.45, 2.75) is 32.6 Å². The number of likely N-dealkylation sites (tertiary alicyclic amines) is 1. The number of nitrogens with zero attached hydrogens (tertiary/aromatic N) is 4. The molecule has 1 amide bonds. The molecule has 1 saturated heterocycles. The lowest BCUT2D eigenvalue weighted by Gasteiger charge is -2.44. The first kappa shape index (κ1) is 22.3. The summed E-state index contributed by atoms with van der Waals surface area (Å²) in [7, 11) is 0. The molecule has 2 atom stereocenters. The van der Waals surface area contributed by atoms with Gasteiger partial charge in [0.05, 0.1) is 35.9 Å². The quantitative estimate of drug-likeness (QED) is 0.631. The Morgan fingerprint density at radius 1 is 1.21 bits per heavy atom. The molecule has 33 heavy (non-hydrogen) atoms. The van der Waals surface area contributed by atoms with Crippen LogP contribution >= 0.6 is 0 Å². The number of aryl methyl sites for hydroxylation is 1. The highest BCUT2D eigenvalue weighted by atomic mass is 16.2. The van der Waals surface area contributed by atoms with Crippen molar-refractivity contribution in [3.05, 3.63) is 89.0 Å². The number of rotatable bonds is 6. The van der Waals surface area contributed by atoms with Crippen LogP contribution in [0, 0.1) is 40.9 Å². The molecular formula is C27H27N5O. The molecule has 6 heteroatoms. The SMILES string of the molecule is Cc1cccc(CC2(C#N)CCN(C(=O)Cc3cnc[nH]3)CC2Cc2ccc(C#N)cc2)c1. The second-order valence-electron chi connectivity index (χ2n) is 8.99. The molecule has 3 aromatic rings. The third-order valence-electron chi connectivity index (χ3n) is 6.69. The molecule has 1 aliphatic heterocycles. The van der Waals surface area contributed by atoms with Crippen LogP contribution in [0.1, 0.15) is 34.4 Å². The third kappa shape index (κ3) is 5.13. The van der Waals surface area contributed by atoms with Crippen molar-refractivity contribution in [2.75, 3.05) is 13.1 Å². The van der Waals surface area contributed by atoms with Crippen LogP contribution in [0.2, 0.25) is 0 Å². The molecule has 4 rings (SSSR count). The summed E-state index contributed by atoms with van der Waals surface area (Å²) in [6.07, 6.45) is 5.50. The Morgan fingerprint density at radius 2 is 2.03 bits per heavy atom. The van der Waals surface area contributed by atoms with E-state index in [9.17, 15) is 10.1 Å². The number of aromatic amines is 1. The smallest absolute Gasteiger partial charge is 0.228 e. The van der Waals surface area contributed by atoms with E-state index in [1.165, 1.54) is 5.56 Å². The van der Waals surface area contributed by atoms with Gasteiger partial charge >= 0.3 is 0 Å². The van der Waals surface area contributed by atoms with Gasteiger partial charge < -0.3 is 9.88 Å². The van der Waals surface area contributed by atoms with Gasteiger partial charge in [0.15, 0.2) is 0 Å². The summed E-state index contributed by atoms with van der Waals surface area (Å²) >= 11 is 0. The molecule has 2 unspecified atom stereocenters. The van der Waals surface area contributed by atoms with Crippen molar-refractivity contribution >= 4 is 5.91 Å². The first-order valence-corrected chi connectivity index (χ1v) is 11.2. The number of amides is 1. The van der Waals surface area contributed by atoms with Gasteiger partial charge in [-0.3, -0.25) is 4.79 Å². The van der Waals surface area contributed by atoms with Gasteiger partial charge in [-0.05, 0) is 55.4 Å². The van der Waals surface area contributed by atoms with Gasteiger partial charge in [0, 0.05) is 25.0 Å². The van der Waals surface area contributed by atoms with Crippen LogP contribution < -0.4 is 0 Å². The fourth-order valence-corrected chi connectivity index (χ4v) is 4.82. The Morgan fingerprint density at radius 3 is 2.70 bits per heavy atom. The van der Waals surface area contributed by atoms with Crippen LogP contribution in [-0.2, 0) is 24.1 Å². The number of carbonyl (C=O) groups excluding carboxylic acids is 1. The van der Waals surface area contributed by atoms with Gasteiger partial charge in [-0.15, -0.1) is 0 Å². The Kier molecular flexibility index (Phi) is 6.56. The largest absolute Gasteiger partial charge is 0.348 e. The standard InChI is InChI=1S/C27H27N5O/c1-20-3-2-4-23(11-20)14-27(18-29)9-10-32(26(33)13-25-16-30-19-31-25)17-24(27)12-21-5-7-22(15-28)8-6-21/h2-8,11,16,19,24H,9-10,12-14,17H2,1H3,(H,30,31). The number of piperidine rings is 1. The highest BCUT2D eigenvalue weighted by Gasteiger charge is 2.44. The minimum absolute atomic E-state index is 0.0181. The van der Waals surface area contributed by atoms with Crippen LogP contribution in [0.5, 0.6) is 0 Å². The topological polar surface area (TPSA) is 96.6 Å². The van der Waals surface area contributed by atoms with Gasteiger partial charge in [0.25, 0.3) is 0 Å². The predicted octanol–water partition coefficient (Wildman–Crippen LogP) is 3.98. The average Bonchev–Trinajstić information content (AvgIpc) is 3.33. The average molecular weight is 438 g/mol. The van der Waals surface area contributed by atoms with Crippen LogP contribution in [0.4, 0.5) is 0 Å². The van der Waals surface area contributed by atoms with Crippen LogP contribution in [0.3, 0.4) is 0 Å².